The lowest BCUT2D eigenvalue weighted by molar-refractivity contribution is -0.131. The molecule has 2 N–H and O–H groups in total. The van der Waals surface area contributed by atoms with E-state index in [1.54, 1.807) is 18.2 Å². The molecule has 1 aromatic rings. The predicted octanol–water partition coefficient (Wildman–Crippen LogP) is 0.875. The van der Waals surface area contributed by atoms with Crippen LogP contribution in [0, 0.1) is 0 Å². The number of carbonyl (C=O) groups is 2. The maximum absolute atomic E-state index is 11.8. The predicted molar refractivity (Wildman–Crippen MR) is 75.1 cm³/mol. The van der Waals surface area contributed by atoms with Gasteiger partial charge in [0.25, 0.3) is 5.91 Å². The van der Waals surface area contributed by atoms with E-state index in [4.69, 9.17) is 5.11 Å². The molecule has 0 saturated carbocycles. The molecule has 0 bridgehead atoms. The van der Waals surface area contributed by atoms with E-state index >= 15 is 0 Å². The van der Waals surface area contributed by atoms with Gasteiger partial charge in [-0.05, 0) is 11.4 Å². The van der Waals surface area contributed by atoms with Gasteiger partial charge in [-0.25, -0.2) is 0 Å². The van der Waals surface area contributed by atoms with Crippen molar-refractivity contribution in [2.24, 2.45) is 0 Å². The van der Waals surface area contributed by atoms with Gasteiger partial charge in [0.1, 0.15) is 0 Å². The molecular weight excluding hydrogens is 264 g/mol. The fourth-order valence-electron chi connectivity index (χ4n) is 1.53. The Hall–Kier alpha value is -1.66. The first kappa shape index (κ1) is 15.4. The summed E-state index contributed by atoms with van der Waals surface area (Å²) < 4.78 is 0. The topological polar surface area (TPSA) is 69.6 Å². The number of nitrogens with zero attached hydrogens (tertiary/aromatic N) is 1. The highest BCUT2D eigenvalue weighted by atomic mass is 32.1. The molecule has 0 radical (unpaired) electrons. The molecule has 2 amide bonds. The molecule has 0 saturated heterocycles. The average Bonchev–Trinajstić information content (AvgIpc) is 2.92. The van der Waals surface area contributed by atoms with Crippen LogP contribution >= 0.6 is 11.3 Å². The number of aliphatic hydroxyl groups excluding tert-OH is 1. The third kappa shape index (κ3) is 5.23. The van der Waals surface area contributed by atoms with Crippen molar-refractivity contribution in [3.8, 4) is 0 Å². The summed E-state index contributed by atoms with van der Waals surface area (Å²) >= 11 is 1.36. The lowest BCUT2D eigenvalue weighted by Gasteiger charge is -2.19. The van der Waals surface area contributed by atoms with Gasteiger partial charge in [0, 0.05) is 26.1 Å². The molecule has 0 fully saturated rings. The first-order valence-corrected chi connectivity index (χ1v) is 6.88. The third-order valence-corrected chi connectivity index (χ3v) is 3.31. The zero-order chi connectivity index (χ0) is 14.1. The maximum Gasteiger partial charge on any atom is 0.261 e. The van der Waals surface area contributed by atoms with Crippen LogP contribution in [0.2, 0.25) is 0 Å². The van der Waals surface area contributed by atoms with Gasteiger partial charge in [0.2, 0.25) is 5.91 Å². The molecule has 0 aliphatic rings. The lowest BCUT2D eigenvalue weighted by atomic mass is 10.3. The summed E-state index contributed by atoms with van der Waals surface area (Å²) in [6, 6.07) is 3.54. The van der Waals surface area contributed by atoms with Crippen molar-refractivity contribution in [3.63, 3.8) is 0 Å². The van der Waals surface area contributed by atoms with E-state index in [-0.39, 0.29) is 37.9 Å². The Kier molecular flexibility index (Phi) is 6.84. The molecule has 0 spiro atoms. The second-order valence-electron chi connectivity index (χ2n) is 3.84. The molecule has 1 rings (SSSR count). The van der Waals surface area contributed by atoms with Crippen LogP contribution < -0.4 is 5.32 Å². The van der Waals surface area contributed by atoms with Gasteiger partial charge in [-0.15, -0.1) is 17.9 Å². The zero-order valence-electron chi connectivity index (χ0n) is 10.7. The lowest BCUT2D eigenvalue weighted by Crippen LogP contribution is -2.36. The van der Waals surface area contributed by atoms with E-state index < -0.39 is 0 Å². The Labute approximate surface area is 116 Å². The van der Waals surface area contributed by atoms with Gasteiger partial charge in [-0.1, -0.05) is 12.1 Å². The van der Waals surface area contributed by atoms with Crippen LogP contribution in [0.1, 0.15) is 16.1 Å². The maximum atomic E-state index is 11.8. The van der Waals surface area contributed by atoms with E-state index in [2.05, 4.69) is 11.9 Å². The Morgan fingerprint density at radius 3 is 2.89 bits per heavy atom. The first-order valence-electron chi connectivity index (χ1n) is 6.00. The number of hydrogen-bond acceptors (Lipinski definition) is 4. The number of amides is 2. The van der Waals surface area contributed by atoms with Crippen LogP contribution in [0.3, 0.4) is 0 Å². The summed E-state index contributed by atoms with van der Waals surface area (Å²) in [5.74, 6) is -0.277. The van der Waals surface area contributed by atoms with Crippen LogP contribution in [-0.2, 0) is 4.79 Å². The van der Waals surface area contributed by atoms with Gasteiger partial charge in [0.05, 0.1) is 11.5 Å². The minimum absolute atomic E-state index is 0.0822. The quantitative estimate of drug-likeness (QED) is 0.695. The Morgan fingerprint density at radius 1 is 1.53 bits per heavy atom. The van der Waals surface area contributed by atoms with Crippen molar-refractivity contribution in [2.45, 2.75) is 6.42 Å². The van der Waals surface area contributed by atoms with Crippen molar-refractivity contribution in [1.29, 1.82) is 0 Å². The van der Waals surface area contributed by atoms with Crippen LogP contribution in [-0.4, -0.2) is 48.1 Å². The first-order chi connectivity index (χ1) is 9.19. The highest BCUT2D eigenvalue weighted by Gasteiger charge is 2.12. The highest BCUT2D eigenvalue weighted by molar-refractivity contribution is 7.12. The van der Waals surface area contributed by atoms with E-state index in [1.807, 2.05) is 5.38 Å². The van der Waals surface area contributed by atoms with Gasteiger partial charge in [0.15, 0.2) is 0 Å². The van der Waals surface area contributed by atoms with Crippen molar-refractivity contribution < 1.29 is 14.7 Å². The van der Waals surface area contributed by atoms with Crippen LogP contribution in [0.4, 0.5) is 0 Å². The van der Waals surface area contributed by atoms with Gasteiger partial charge < -0.3 is 15.3 Å². The summed E-state index contributed by atoms with van der Waals surface area (Å²) in [5.41, 5.74) is 0. The molecule has 19 heavy (non-hydrogen) atoms. The number of aliphatic hydroxyl groups is 1. The zero-order valence-corrected chi connectivity index (χ0v) is 11.5. The molecule has 104 valence electrons. The second-order valence-corrected chi connectivity index (χ2v) is 4.78. The van der Waals surface area contributed by atoms with Crippen molar-refractivity contribution in [2.75, 3.05) is 26.2 Å². The molecule has 1 heterocycles. The SMILES string of the molecule is C=CCN(CCO)C(=O)CCNC(=O)c1cccs1. The highest BCUT2D eigenvalue weighted by Crippen LogP contribution is 2.07. The van der Waals surface area contributed by atoms with Crippen LogP contribution in [0.5, 0.6) is 0 Å². The average molecular weight is 282 g/mol. The minimum atomic E-state index is -0.166. The molecule has 0 aliphatic carbocycles. The summed E-state index contributed by atoms with van der Waals surface area (Å²) in [7, 11) is 0. The summed E-state index contributed by atoms with van der Waals surface area (Å²) in [6.07, 6.45) is 1.82. The number of nitrogens with one attached hydrogen (secondary N) is 1. The van der Waals surface area contributed by atoms with E-state index in [0.717, 1.165) is 0 Å². The monoisotopic (exact) mass is 282 g/mol. The Balaban J connectivity index is 2.33. The molecular formula is C13H18N2O3S. The van der Waals surface area contributed by atoms with E-state index in [9.17, 15) is 9.59 Å². The Morgan fingerprint density at radius 2 is 2.32 bits per heavy atom. The van der Waals surface area contributed by atoms with Gasteiger partial charge in [-0.2, -0.15) is 0 Å². The summed E-state index contributed by atoms with van der Waals surface area (Å²) in [6.45, 7) is 4.45. The van der Waals surface area contributed by atoms with Crippen LogP contribution in [0.15, 0.2) is 30.2 Å². The third-order valence-electron chi connectivity index (χ3n) is 2.44. The number of hydrogen-bond donors (Lipinski definition) is 2. The normalized spacial score (nSPS) is 9.95. The molecule has 0 aromatic carbocycles. The summed E-state index contributed by atoms with van der Waals surface area (Å²) in [4.78, 5) is 25.6. The standard InChI is InChI=1S/C13H18N2O3S/c1-2-7-15(8-9-16)12(17)5-6-14-13(18)11-4-3-10-19-11/h2-4,10,16H,1,5-9H2,(H,14,18). The largest absolute Gasteiger partial charge is 0.395 e. The summed E-state index contributed by atoms with van der Waals surface area (Å²) in [5, 5.41) is 13.4. The van der Waals surface area contributed by atoms with E-state index in [0.29, 0.717) is 11.4 Å². The van der Waals surface area contributed by atoms with Crippen molar-refractivity contribution in [1.82, 2.24) is 10.2 Å². The molecule has 0 unspecified atom stereocenters. The Bertz CT molecular complexity index is 418. The van der Waals surface area contributed by atoms with Crippen molar-refractivity contribution in [3.05, 3.63) is 35.0 Å². The van der Waals surface area contributed by atoms with E-state index in [1.165, 1.54) is 16.2 Å². The molecule has 6 heteroatoms. The number of thiophene rings is 1. The molecule has 0 atom stereocenters. The smallest absolute Gasteiger partial charge is 0.261 e. The van der Waals surface area contributed by atoms with Crippen LogP contribution in [0.25, 0.3) is 0 Å². The molecule has 5 nitrogen and oxygen atoms in total. The minimum Gasteiger partial charge on any atom is -0.395 e. The fourth-order valence-corrected chi connectivity index (χ4v) is 2.17. The van der Waals surface area contributed by atoms with Crippen molar-refractivity contribution >= 4 is 23.2 Å². The molecule has 0 aliphatic heterocycles. The number of rotatable bonds is 8. The van der Waals surface area contributed by atoms with Gasteiger partial charge >= 0.3 is 0 Å². The second kappa shape index (κ2) is 8.44. The molecule has 1 aromatic heterocycles. The number of carbonyl (C=O) groups excluding carboxylic acids is 2. The van der Waals surface area contributed by atoms with Gasteiger partial charge in [-0.3, -0.25) is 9.59 Å². The fraction of sp³-hybridized carbons (Fsp3) is 0.385.